The Morgan fingerprint density at radius 2 is 1.81 bits per heavy atom. The molecule has 1 atom stereocenters. The van der Waals surface area contributed by atoms with Crippen LogP contribution in [-0.4, -0.2) is 42.5 Å². The van der Waals surface area contributed by atoms with Gasteiger partial charge < -0.3 is 10.2 Å². The fraction of sp³-hybridized carbons (Fsp3) is 0.474. The first kappa shape index (κ1) is 18.6. The Morgan fingerprint density at radius 1 is 1.12 bits per heavy atom. The van der Waals surface area contributed by atoms with Gasteiger partial charge in [0.15, 0.2) is 9.84 Å². The summed E-state index contributed by atoms with van der Waals surface area (Å²) in [6.45, 7) is 8.77. The van der Waals surface area contributed by atoms with Crippen LogP contribution in [0.15, 0.2) is 24.3 Å². The standard InChI is InChI=1S/C19H26N4O2S/c1-5-23(17-6-7-26(24,25)12-17)18-11-15(4)20-19(22-18)21-16-9-13(2)8-14(3)10-16/h8-11,17H,5-7,12H2,1-4H3,(H,20,21,22). The van der Waals surface area contributed by atoms with E-state index in [2.05, 4.69) is 52.2 Å². The second-order valence-corrected chi connectivity index (χ2v) is 9.26. The molecule has 0 radical (unpaired) electrons. The molecule has 0 spiro atoms. The zero-order valence-electron chi connectivity index (χ0n) is 15.8. The average molecular weight is 375 g/mol. The molecular formula is C19H26N4O2S. The van der Waals surface area contributed by atoms with Crippen molar-refractivity contribution in [2.75, 3.05) is 28.3 Å². The summed E-state index contributed by atoms with van der Waals surface area (Å²) in [5, 5.41) is 3.29. The number of rotatable bonds is 5. The van der Waals surface area contributed by atoms with E-state index >= 15 is 0 Å². The third-order valence-electron chi connectivity index (χ3n) is 4.60. The third kappa shape index (κ3) is 4.33. The highest BCUT2D eigenvalue weighted by Gasteiger charge is 2.32. The minimum absolute atomic E-state index is 0.0200. The van der Waals surface area contributed by atoms with Crippen LogP contribution >= 0.6 is 0 Å². The van der Waals surface area contributed by atoms with Crippen LogP contribution in [0, 0.1) is 20.8 Å². The summed E-state index contributed by atoms with van der Waals surface area (Å²) in [4.78, 5) is 11.2. The topological polar surface area (TPSA) is 75.2 Å². The SMILES string of the molecule is CCN(c1cc(C)nc(Nc2cc(C)cc(C)c2)n1)C1CCS(=O)(=O)C1. The summed E-state index contributed by atoms with van der Waals surface area (Å²) in [5.74, 6) is 1.76. The molecule has 0 amide bonds. The summed E-state index contributed by atoms with van der Waals surface area (Å²) in [7, 11) is -2.94. The number of hydrogen-bond acceptors (Lipinski definition) is 6. The summed E-state index contributed by atoms with van der Waals surface area (Å²) in [6, 6.07) is 8.13. The van der Waals surface area contributed by atoms with Gasteiger partial charge in [-0.05, 0) is 57.4 Å². The predicted octanol–water partition coefficient (Wildman–Crippen LogP) is 3.16. The molecule has 1 saturated heterocycles. The number of nitrogens with zero attached hydrogens (tertiary/aromatic N) is 3. The fourth-order valence-electron chi connectivity index (χ4n) is 3.56. The normalized spacial score (nSPS) is 18.7. The number of sulfone groups is 1. The fourth-order valence-corrected chi connectivity index (χ4v) is 5.29. The van der Waals surface area contributed by atoms with E-state index in [-0.39, 0.29) is 17.5 Å². The molecule has 1 aliphatic rings. The first-order chi connectivity index (χ1) is 12.3. The van der Waals surface area contributed by atoms with E-state index in [0.717, 1.165) is 17.2 Å². The lowest BCUT2D eigenvalue weighted by Gasteiger charge is -2.28. The van der Waals surface area contributed by atoms with Crippen molar-refractivity contribution >= 4 is 27.3 Å². The Balaban J connectivity index is 1.89. The largest absolute Gasteiger partial charge is 0.353 e. The van der Waals surface area contributed by atoms with Gasteiger partial charge in [-0.15, -0.1) is 0 Å². The van der Waals surface area contributed by atoms with Gasteiger partial charge in [0.05, 0.1) is 11.5 Å². The molecule has 1 N–H and O–H groups in total. The maximum Gasteiger partial charge on any atom is 0.229 e. The number of anilines is 3. The number of hydrogen-bond donors (Lipinski definition) is 1. The molecule has 7 heteroatoms. The van der Waals surface area contributed by atoms with Crippen LogP contribution in [0.3, 0.4) is 0 Å². The molecule has 0 bridgehead atoms. The van der Waals surface area contributed by atoms with E-state index in [9.17, 15) is 8.42 Å². The summed E-state index contributed by atoms with van der Waals surface area (Å²) in [5.41, 5.74) is 4.14. The zero-order chi connectivity index (χ0) is 18.9. The highest BCUT2D eigenvalue weighted by atomic mass is 32.2. The second-order valence-electron chi connectivity index (χ2n) is 7.04. The van der Waals surface area contributed by atoms with Crippen LogP contribution in [0.2, 0.25) is 0 Å². The highest BCUT2D eigenvalue weighted by molar-refractivity contribution is 7.91. The first-order valence-corrected chi connectivity index (χ1v) is 10.8. The lowest BCUT2D eigenvalue weighted by atomic mass is 10.1. The number of aromatic nitrogens is 2. The van der Waals surface area contributed by atoms with Gasteiger partial charge in [-0.3, -0.25) is 0 Å². The van der Waals surface area contributed by atoms with Crippen LogP contribution in [0.4, 0.5) is 17.5 Å². The van der Waals surface area contributed by atoms with Crippen LogP contribution in [0.1, 0.15) is 30.2 Å². The molecule has 2 heterocycles. The van der Waals surface area contributed by atoms with E-state index in [4.69, 9.17) is 0 Å². The smallest absolute Gasteiger partial charge is 0.229 e. The maximum atomic E-state index is 11.9. The molecule has 140 valence electrons. The molecule has 1 aromatic heterocycles. The van der Waals surface area contributed by atoms with E-state index < -0.39 is 9.84 Å². The minimum atomic E-state index is -2.94. The van der Waals surface area contributed by atoms with Crippen molar-refractivity contribution in [1.82, 2.24) is 9.97 Å². The molecule has 1 unspecified atom stereocenters. The van der Waals surface area contributed by atoms with E-state index in [1.54, 1.807) is 0 Å². The number of nitrogens with one attached hydrogen (secondary N) is 1. The van der Waals surface area contributed by atoms with E-state index in [0.29, 0.717) is 18.9 Å². The van der Waals surface area contributed by atoms with Gasteiger partial charge in [0, 0.05) is 30.0 Å². The Kier molecular flexibility index (Phi) is 5.18. The van der Waals surface area contributed by atoms with Crippen LogP contribution in [0.5, 0.6) is 0 Å². The molecule has 0 aliphatic carbocycles. The monoisotopic (exact) mass is 374 g/mol. The van der Waals surface area contributed by atoms with Gasteiger partial charge in [-0.2, -0.15) is 4.98 Å². The van der Waals surface area contributed by atoms with Gasteiger partial charge in [-0.1, -0.05) is 6.07 Å². The molecule has 1 aliphatic heterocycles. The second kappa shape index (κ2) is 7.23. The van der Waals surface area contributed by atoms with Gasteiger partial charge in [0.2, 0.25) is 5.95 Å². The number of benzene rings is 1. The Hall–Kier alpha value is -2.15. The van der Waals surface area contributed by atoms with Crippen LogP contribution in [-0.2, 0) is 9.84 Å². The van der Waals surface area contributed by atoms with Crippen LogP contribution < -0.4 is 10.2 Å². The first-order valence-electron chi connectivity index (χ1n) is 8.94. The quantitative estimate of drug-likeness (QED) is 0.866. The Morgan fingerprint density at radius 3 is 2.38 bits per heavy atom. The lowest BCUT2D eigenvalue weighted by Crippen LogP contribution is -2.36. The third-order valence-corrected chi connectivity index (χ3v) is 6.35. The lowest BCUT2D eigenvalue weighted by molar-refractivity contribution is 0.599. The average Bonchev–Trinajstić information content (AvgIpc) is 2.86. The molecule has 1 fully saturated rings. The molecule has 1 aromatic carbocycles. The minimum Gasteiger partial charge on any atom is -0.353 e. The summed E-state index contributed by atoms with van der Waals surface area (Å²) >= 11 is 0. The Labute approximate surface area is 155 Å². The molecule has 3 rings (SSSR count). The van der Waals surface area contributed by atoms with E-state index in [1.165, 1.54) is 11.1 Å². The molecular weight excluding hydrogens is 348 g/mol. The van der Waals surface area contributed by atoms with Crippen molar-refractivity contribution in [3.63, 3.8) is 0 Å². The van der Waals surface area contributed by atoms with Crippen molar-refractivity contribution in [2.45, 2.75) is 40.2 Å². The van der Waals surface area contributed by atoms with Gasteiger partial charge in [0.1, 0.15) is 5.82 Å². The van der Waals surface area contributed by atoms with Gasteiger partial charge in [-0.25, -0.2) is 13.4 Å². The maximum absolute atomic E-state index is 11.9. The number of aryl methyl sites for hydroxylation is 3. The van der Waals surface area contributed by atoms with Crippen molar-refractivity contribution in [1.29, 1.82) is 0 Å². The summed E-state index contributed by atoms with van der Waals surface area (Å²) in [6.07, 6.45) is 0.652. The molecule has 0 saturated carbocycles. The van der Waals surface area contributed by atoms with Crippen molar-refractivity contribution in [2.24, 2.45) is 0 Å². The van der Waals surface area contributed by atoms with Crippen molar-refractivity contribution in [3.8, 4) is 0 Å². The zero-order valence-corrected chi connectivity index (χ0v) is 16.6. The van der Waals surface area contributed by atoms with Gasteiger partial charge >= 0.3 is 0 Å². The van der Waals surface area contributed by atoms with Crippen LogP contribution in [0.25, 0.3) is 0 Å². The molecule has 6 nitrogen and oxygen atoms in total. The van der Waals surface area contributed by atoms with E-state index in [1.807, 2.05) is 19.9 Å². The summed E-state index contributed by atoms with van der Waals surface area (Å²) < 4.78 is 23.7. The van der Waals surface area contributed by atoms with Crippen molar-refractivity contribution in [3.05, 3.63) is 41.1 Å². The predicted molar refractivity (Wildman–Crippen MR) is 106 cm³/mol. The molecule has 26 heavy (non-hydrogen) atoms. The molecule has 2 aromatic rings. The van der Waals surface area contributed by atoms with Crippen molar-refractivity contribution < 1.29 is 8.42 Å². The Bertz CT molecular complexity index is 892. The van der Waals surface area contributed by atoms with Gasteiger partial charge in [0.25, 0.3) is 0 Å². The highest BCUT2D eigenvalue weighted by Crippen LogP contribution is 2.25.